The summed E-state index contributed by atoms with van der Waals surface area (Å²) in [6.07, 6.45) is 0.0564. The lowest BCUT2D eigenvalue weighted by Gasteiger charge is -2.23. The molecule has 0 fully saturated rings. The number of carbonyl (C=O) groups is 2. The summed E-state index contributed by atoms with van der Waals surface area (Å²) in [5.41, 5.74) is 6.70. The fourth-order valence-electron chi connectivity index (χ4n) is 2.38. The van der Waals surface area contributed by atoms with Crippen LogP contribution in [0, 0.1) is 0 Å². The second-order valence-corrected chi connectivity index (χ2v) is 6.42. The van der Waals surface area contributed by atoms with Crippen molar-refractivity contribution in [1.29, 1.82) is 0 Å². The number of carboxylic acid groups (broad SMARTS) is 1. The first-order valence-corrected chi connectivity index (χ1v) is 8.86. The highest BCUT2D eigenvalue weighted by molar-refractivity contribution is 7.84. The van der Waals surface area contributed by atoms with Crippen LogP contribution in [0.3, 0.4) is 0 Å². The minimum Gasteiger partial charge on any atom is -0.481 e. The maximum Gasteiger partial charge on any atom is 0.380 e. The van der Waals surface area contributed by atoms with E-state index in [1.54, 1.807) is 24.3 Å². The predicted octanol–water partition coefficient (Wildman–Crippen LogP) is 1.50. The summed E-state index contributed by atoms with van der Waals surface area (Å²) in [6.45, 7) is 0. The van der Waals surface area contributed by atoms with Crippen molar-refractivity contribution in [2.24, 2.45) is 10.9 Å². The van der Waals surface area contributed by atoms with E-state index in [1.165, 1.54) is 24.3 Å². The second-order valence-electron chi connectivity index (χ2n) is 5.27. The van der Waals surface area contributed by atoms with E-state index in [0.717, 1.165) is 4.90 Å². The smallest absolute Gasteiger partial charge is 0.380 e. The highest BCUT2D eigenvalue weighted by atomic mass is 32.2. The topological polar surface area (TPSA) is 153 Å². The Labute approximate surface area is 150 Å². The molecule has 0 saturated carbocycles. The van der Waals surface area contributed by atoms with Crippen LogP contribution < -0.4 is 20.0 Å². The van der Waals surface area contributed by atoms with Crippen molar-refractivity contribution in [1.82, 2.24) is 0 Å². The van der Waals surface area contributed by atoms with Crippen LogP contribution >= 0.6 is 0 Å². The number of amides is 2. The van der Waals surface area contributed by atoms with E-state index in [0.29, 0.717) is 11.3 Å². The van der Waals surface area contributed by atoms with Crippen molar-refractivity contribution in [2.75, 3.05) is 4.90 Å². The van der Waals surface area contributed by atoms with Crippen LogP contribution in [0.15, 0.2) is 48.5 Å². The van der Waals surface area contributed by atoms with Crippen molar-refractivity contribution in [3.63, 3.8) is 0 Å². The van der Waals surface area contributed by atoms with Gasteiger partial charge in [0.05, 0.1) is 11.4 Å². The lowest BCUT2D eigenvalue weighted by Crippen LogP contribution is -2.32. The molecule has 0 radical (unpaired) electrons. The molecular weight excluding hydrogens is 362 g/mol. The van der Waals surface area contributed by atoms with Crippen LogP contribution in [0.1, 0.15) is 12.0 Å². The number of anilines is 2. The Kier molecular flexibility index (Phi) is 5.80. The number of hydrogen-bond donors (Lipinski definition) is 3. The van der Waals surface area contributed by atoms with Gasteiger partial charge in [0.25, 0.3) is 0 Å². The third-order valence-corrected chi connectivity index (χ3v) is 3.77. The first-order chi connectivity index (χ1) is 12.2. The molecule has 0 aromatic heterocycles. The summed E-state index contributed by atoms with van der Waals surface area (Å²) < 4.78 is 26.8. The summed E-state index contributed by atoms with van der Waals surface area (Å²) in [6, 6.07) is 11.4. The molecule has 0 spiro atoms. The van der Waals surface area contributed by atoms with Gasteiger partial charge < -0.3 is 15.0 Å². The fourth-order valence-corrected chi connectivity index (χ4v) is 2.75. The molecule has 2 aromatic carbocycles. The molecule has 0 aliphatic heterocycles. The van der Waals surface area contributed by atoms with Gasteiger partial charge in [-0.3, -0.25) is 9.69 Å². The van der Waals surface area contributed by atoms with E-state index >= 15 is 0 Å². The summed E-state index contributed by atoms with van der Waals surface area (Å²) >= 11 is 0. The Morgan fingerprint density at radius 2 is 1.81 bits per heavy atom. The molecule has 2 amide bonds. The molecule has 0 heterocycles. The Morgan fingerprint density at radius 3 is 2.42 bits per heavy atom. The monoisotopic (exact) mass is 379 g/mol. The van der Waals surface area contributed by atoms with Gasteiger partial charge in [0, 0.05) is 12.5 Å². The number of aryl methyl sites for hydroxylation is 1. The van der Waals surface area contributed by atoms with Crippen molar-refractivity contribution >= 4 is 33.7 Å². The Balaban J connectivity index is 2.46. The van der Waals surface area contributed by atoms with Gasteiger partial charge >= 0.3 is 22.3 Å². The number of benzene rings is 2. The van der Waals surface area contributed by atoms with Gasteiger partial charge in [-0.05, 0) is 30.2 Å². The molecule has 0 atom stereocenters. The van der Waals surface area contributed by atoms with Gasteiger partial charge in [-0.2, -0.15) is 13.6 Å². The average molecular weight is 379 g/mol. The first-order valence-electron chi connectivity index (χ1n) is 7.39. The molecule has 0 unspecified atom stereocenters. The number of urea groups is 1. The summed E-state index contributed by atoms with van der Waals surface area (Å²) in [5, 5.41) is 13.7. The Morgan fingerprint density at radius 1 is 1.12 bits per heavy atom. The van der Waals surface area contributed by atoms with Crippen LogP contribution in [-0.4, -0.2) is 25.5 Å². The zero-order valence-corrected chi connectivity index (χ0v) is 14.3. The van der Waals surface area contributed by atoms with E-state index in [-0.39, 0.29) is 24.3 Å². The van der Waals surface area contributed by atoms with Gasteiger partial charge in [-0.25, -0.2) is 4.79 Å². The molecule has 0 aliphatic rings. The zero-order chi connectivity index (χ0) is 19.3. The van der Waals surface area contributed by atoms with E-state index in [1.807, 2.05) is 0 Å². The highest BCUT2D eigenvalue weighted by Gasteiger charge is 2.19. The van der Waals surface area contributed by atoms with Crippen molar-refractivity contribution in [2.45, 2.75) is 12.8 Å². The van der Waals surface area contributed by atoms with E-state index in [9.17, 15) is 18.0 Å². The number of para-hydroxylation sites is 1. The molecule has 9 nitrogen and oxygen atoms in total. The summed E-state index contributed by atoms with van der Waals surface area (Å²) in [5.74, 6) is -1.08. The SMILES string of the molecule is NC(=O)N(c1cccc(OS(N)(=O)=O)c1)c1ccccc1CCC(=O)O. The lowest BCUT2D eigenvalue weighted by molar-refractivity contribution is -0.136. The van der Waals surface area contributed by atoms with E-state index < -0.39 is 22.3 Å². The van der Waals surface area contributed by atoms with Crippen molar-refractivity contribution in [3.8, 4) is 5.75 Å². The largest absolute Gasteiger partial charge is 0.481 e. The molecule has 138 valence electrons. The molecule has 0 bridgehead atoms. The average Bonchev–Trinajstić information content (AvgIpc) is 2.52. The fraction of sp³-hybridized carbons (Fsp3) is 0.125. The third kappa shape index (κ3) is 5.19. The van der Waals surface area contributed by atoms with Crippen LogP contribution in [-0.2, 0) is 21.5 Å². The number of carbonyl (C=O) groups excluding carboxylic acids is 1. The van der Waals surface area contributed by atoms with E-state index in [2.05, 4.69) is 4.18 Å². The summed E-state index contributed by atoms with van der Waals surface area (Å²) in [4.78, 5) is 24.0. The molecule has 2 rings (SSSR count). The van der Waals surface area contributed by atoms with Gasteiger partial charge in [0.1, 0.15) is 5.75 Å². The predicted molar refractivity (Wildman–Crippen MR) is 94.3 cm³/mol. The first kappa shape index (κ1) is 19.2. The molecule has 0 saturated heterocycles. The normalized spacial score (nSPS) is 11.0. The molecule has 10 heteroatoms. The minimum atomic E-state index is -4.23. The van der Waals surface area contributed by atoms with E-state index in [4.69, 9.17) is 16.0 Å². The number of nitrogens with zero attached hydrogens (tertiary/aromatic N) is 1. The molecule has 2 aromatic rings. The standard InChI is InChI=1S/C16H17N3O6S/c17-16(22)19(12-5-3-6-13(10-12)25-26(18,23)24)14-7-2-1-4-11(14)8-9-15(20)21/h1-7,10H,8-9H2,(H2,17,22)(H,20,21)(H2,18,23,24). The Hall–Kier alpha value is -3.11. The highest BCUT2D eigenvalue weighted by Crippen LogP contribution is 2.31. The van der Waals surface area contributed by atoms with Crippen LogP contribution in [0.2, 0.25) is 0 Å². The lowest BCUT2D eigenvalue weighted by atomic mass is 10.1. The molecular formula is C16H17N3O6S. The van der Waals surface area contributed by atoms with Crippen molar-refractivity contribution in [3.05, 3.63) is 54.1 Å². The summed E-state index contributed by atoms with van der Waals surface area (Å²) in [7, 11) is -4.23. The molecule has 26 heavy (non-hydrogen) atoms. The van der Waals surface area contributed by atoms with Crippen molar-refractivity contribution < 1.29 is 27.3 Å². The third-order valence-electron chi connectivity index (χ3n) is 3.35. The number of rotatable bonds is 7. The zero-order valence-electron chi connectivity index (χ0n) is 13.5. The molecule has 5 N–H and O–H groups in total. The van der Waals surface area contributed by atoms with Gasteiger partial charge in [0.15, 0.2) is 0 Å². The van der Waals surface area contributed by atoms with Crippen LogP contribution in [0.25, 0.3) is 0 Å². The van der Waals surface area contributed by atoms with Gasteiger partial charge in [0.2, 0.25) is 0 Å². The number of aliphatic carboxylic acids is 1. The van der Waals surface area contributed by atoms with Crippen LogP contribution in [0.5, 0.6) is 5.75 Å². The maximum atomic E-state index is 12.0. The number of hydrogen-bond acceptors (Lipinski definition) is 5. The van der Waals surface area contributed by atoms with Gasteiger partial charge in [-0.1, -0.05) is 24.3 Å². The minimum absolute atomic E-state index is 0.0979. The van der Waals surface area contributed by atoms with Crippen LogP contribution in [0.4, 0.5) is 16.2 Å². The number of primary amides is 1. The Bertz CT molecular complexity index is 929. The second kappa shape index (κ2) is 7.85. The quantitative estimate of drug-likeness (QED) is 0.662. The number of nitrogens with two attached hydrogens (primary N) is 2. The maximum absolute atomic E-state index is 12.0. The molecule has 0 aliphatic carbocycles. The number of carboxylic acids is 1. The van der Waals surface area contributed by atoms with Gasteiger partial charge in [-0.15, -0.1) is 0 Å².